The van der Waals surface area contributed by atoms with E-state index < -0.39 is 0 Å². The molecule has 3 nitrogen and oxygen atoms in total. The van der Waals surface area contributed by atoms with Crippen LogP contribution in [0.15, 0.2) is 24.3 Å². The second kappa shape index (κ2) is 7.42. The van der Waals surface area contributed by atoms with Gasteiger partial charge in [0.1, 0.15) is 0 Å². The first-order chi connectivity index (χ1) is 12.9. The molecule has 0 aromatic heterocycles. The van der Waals surface area contributed by atoms with Crippen LogP contribution >= 0.6 is 0 Å². The molecule has 26 heavy (non-hydrogen) atoms. The topological polar surface area (TPSA) is 27.3 Å². The van der Waals surface area contributed by atoms with E-state index in [1.54, 1.807) is 0 Å². The number of nitrogens with zero attached hydrogens (tertiary/aromatic N) is 1. The Kier molecular flexibility index (Phi) is 4.83. The minimum absolute atomic E-state index is 0.721. The number of rotatable bonds is 3. The molecule has 1 aliphatic heterocycles. The van der Waals surface area contributed by atoms with Crippen LogP contribution in [0.25, 0.3) is 0 Å². The van der Waals surface area contributed by atoms with Gasteiger partial charge in [0.15, 0.2) is 0 Å². The van der Waals surface area contributed by atoms with Crippen LogP contribution in [-0.2, 0) is 0 Å². The minimum atomic E-state index is 0.721. The maximum Gasteiger partial charge on any atom is 0.0880 e. The van der Waals surface area contributed by atoms with Gasteiger partial charge in [0, 0.05) is 18.1 Å². The lowest BCUT2D eigenvalue weighted by Crippen LogP contribution is -2.47. The summed E-state index contributed by atoms with van der Waals surface area (Å²) in [5.74, 6) is 2.11. The van der Waals surface area contributed by atoms with Gasteiger partial charge in [0.05, 0.1) is 18.0 Å². The molecule has 1 aromatic carbocycles. The highest BCUT2D eigenvalue weighted by atomic mass is 15.3. The van der Waals surface area contributed by atoms with Crippen LogP contribution in [-0.4, -0.2) is 24.8 Å². The molecule has 4 aliphatic rings. The van der Waals surface area contributed by atoms with Crippen LogP contribution in [0.3, 0.4) is 0 Å². The summed E-state index contributed by atoms with van der Waals surface area (Å²) >= 11 is 0. The fourth-order valence-electron chi connectivity index (χ4n) is 6.37. The SMILES string of the molecule is c1ccc2c(c1)NCN2C1CCC(NC2CCC3CCCCC3C2)CC1. The van der Waals surface area contributed by atoms with Gasteiger partial charge in [-0.15, -0.1) is 0 Å². The van der Waals surface area contributed by atoms with Gasteiger partial charge in [-0.25, -0.2) is 0 Å². The zero-order valence-corrected chi connectivity index (χ0v) is 16.1. The number of hydrogen-bond donors (Lipinski definition) is 2. The first kappa shape index (κ1) is 16.9. The van der Waals surface area contributed by atoms with Gasteiger partial charge in [0.25, 0.3) is 0 Å². The molecule has 3 aliphatic carbocycles. The minimum Gasteiger partial charge on any atom is -0.366 e. The Hall–Kier alpha value is -1.22. The molecule has 0 radical (unpaired) electrons. The maximum atomic E-state index is 4.09. The summed E-state index contributed by atoms with van der Waals surface area (Å²) in [6.07, 6.45) is 15.8. The average molecular weight is 354 g/mol. The van der Waals surface area contributed by atoms with Crippen molar-refractivity contribution in [2.75, 3.05) is 16.9 Å². The van der Waals surface area contributed by atoms with Crippen molar-refractivity contribution in [1.29, 1.82) is 0 Å². The zero-order valence-electron chi connectivity index (χ0n) is 16.1. The van der Waals surface area contributed by atoms with Gasteiger partial charge in [0.2, 0.25) is 0 Å². The van der Waals surface area contributed by atoms with Crippen molar-refractivity contribution in [2.24, 2.45) is 11.8 Å². The van der Waals surface area contributed by atoms with Crippen molar-refractivity contribution in [2.45, 2.75) is 88.8 Å². The van der Waals surface area contributed by atoms with Crippen molar-refractivity contribution in [1.82, 2.24) is 5.32 Å². The molecule has 3 fully saturated rings. The number of nitrogens with one attached hydrogen (secondary N) is 2. The van der Waals surface area contributed by atoms with Crippen molar-refractivity contribution >= 4 is 11.4 Å². The van der Waals surface area contributed by atoms with Crippen LogP contribution in [0.1, 0.15) is 70.6 Å². The molecule has 0 bridgehead atoms. The summed E-state index contributed by atoms with van der Waals surface area (Å²) < 4.78 is 0. The van der Waals surface area contributed by atoms with Crippen LogP contribution in [0.4, 0.5) is 11.4 Å². The smallest absolute Gasteiger partial charge is 0.0880 e. The van der Waals surface area contributed by atoms with Crippen molar-refractivity contribution in [3.8, 4) is 0 Å². The maximum absolute atomic E-state index is 4.09. The third-order valence-corrected chi connectivity index (χ3v) is 7.80. The molecule has 5 rings (SSSR count). The Morgan fingerprint density at radius 2 is 1.58 bits per heavy atom. The monoisotopic (exact) mass is 353 g/mol. The summed E-state index contributed by atoms with van der Waals surface area (Å²) in [4.78, 5) is 2.61. The third-order valence-electron chi connectivity index (χ3n) is 7.80. The lowest BCUT2D eigenvalue weighted by Gasteiger charge is -2.42. The Balaban J connectivity index is 1.12. The normalized spacial score (nSPS) is 36.9. The second-order valence-corrected chi connectivity index (χ2v) is 9.31. The third kappa shape index (κ3) is 3.35. The number of hydrogen-bond acceptors (Lipinski definition) is 3. The van der Waals surface area contributed by atoms with Crippen LogP contribution in [0.2, 0.25) is 0 Å². The fourth-order valence-corrected chi connectivity index (χ4v) is 6.37. The standard InChI is InChI=1S/C23H35N3/c1-2-6-18-15-20(10-9-17(18)5-1)25-19-11-13-21(14-12-19)26-16-24-22-7-3-4-8-23(22)26/h3-4,7-8,17-21,24-25H,1-2,5-6,9-16H2. The van der Waals surface area contributed by atoms with Crippen LogP contribution in [0.5, 0.6) is 0 Å². The second-order valence-electron chi connectivity index (χ2n) is 9.31. The van der Waals surface area contributed by atoms with Crippen molar-refractivity contribution < 1.29 is 0 Å². The Morgan fingerprint density at radius 3 is 2.46 bits per heavy atom. The van der Waals surface area contributed by atoms with E-state index in [0.717, 1.165) is 36.6 Å². The molecule has 3 unspecified atom stereocenters. The fraction of sp³-hybridized carbons (Fsp3) is 0.739. The summed E-state index contributed by atoms with van der Waals surface area (Å²) in [6, 6.07) is 11.1. The van der Waals surface area contributed by atoms with Gasteiger partial charge in [-0.2, -0.15) is 0 Å². The molecule has 142 valence electrons. The van der Waals surface area contributed by atoms with Gasteiger partial charge >= 0.3 is 0 Å². The van der Waals surface area contributed by atoms with Gasteiger partial charge in [-0.05, 0) is 68.9 Å². The van der Waals surface area contributed by atoms with Gasteiger partial charge in [-0.3, -0.25) is 0 Å². The van der Waals surface area contributed by atoms with Gasteiger partial charge in [-0.1, -0.05) is 37.8 Å². The molecular formula is C23H35N3. The molecular weight excluding hydrogens is 318 g/mol. The number of fused-ring (bicyclic) bond motifs is 2. The summed E-state index contributed by atoms with van der Waals surface area (Å²) in [5.41, 5.74) is 2.73. The van der Waals surface area contributed by atoms with Gasteiger partial charge < -0.3 is 15.5 Å². The van der Waals surface area contributed by atoms with E-state index in [-0.39, 0.29) is 0 Å². The van der Waals surface area contributed by atoms with Crippen molar-refractivity contribution in [3.63, 3.8) is 0 Å². The summed E-state index contributed by atoms with van der Waals surface area (Å²) in [6.45, 7) is 0.994. The molecule has 3 atom stereocenters. The largest absolute Gasteiger partial charge is 0.366 e. The predicted octanol–water partition coefficient (Wildman–Crippen LogP) is 5.14. The predicted molar refractivity (Wildman–Crippen MR) is 110 cm³/mol. The van der Waals surface area contributed by atoms with Crippen LogP contribution in [0, 0.1) is 11.8 Å². The Labute approximate surface area is 158 Å². The molecule has 3 saturated carbocycles. The van der Waals surface area contributed by atoms with E-state index in [4.69, 9.17) is 0 Å². The summed E-state index contributed by atoms with van der Waals surface area (Å²) in [5, 5.41) is 7.65. The first-order valence-corrected chi connectivity index (χ1v) is 11.2. The lowest BCUT2D eigenvalue weighted by atomic mass is 9.69. The van der Waals surface area contributed by atoms with Crippen molar-refractivity contribution in [3.05, 3.63) is 24.3 Å². The molecule has 2 N–H and O–H groups in total. The Morgan fingerprint density at radius 1 is 0.808 bits per heavy atom. The quantitative estimate of drug-likeness (QED) is 0.788. The molecule has 0 saturated heterocycles. The molecule has 0 amide bonds. The highest BCUT2D eigenvalue weighted by Crippen LogP contribution is 2.41. The first-order valence-electron chi connectivity index (χ1n) is 11.2. The highest BCUT2D eigenvalue weighted by Gasteiger charge is 2.34. The van der Waals surface area contributed by atoms with E-state index in [1.807, 2.05) is 0 Å². The molecule has 1 aromatic rings. The number of benzene rings is 1. The highest BCUT2D eigenvalue weighted by molar-refractivity contribution is 5.74. The zero-order chi connectivity index (χ0) is 17.3. The average Bonchev–Trinajstić information content (AvgIpc) is 3.13. The van der Waals surface area contributed by atoms with E-state index >= 15 is 0 Å². The Bertz CT molecular complexity index is 607. The number of anilines is 2. The van der Waals surface area contributed by atoms with E-state index in [1.165, 1.54) is 82.0 Å². The van der Waals surface area contributed by atoms with E-state index in [0.29, 0.717) is 0 Å². The summed E-state index contributed by atoms with van der Waals surface area (Å²) in [7, 11) is 0. The lowest BCUT2D eigenvalue weighted by molar-refractivity contribution is 0.133. The van der Waals surface area contributed by atoms with Crippen LogP contribution < -0.4 is 15.5 Å². The molecule has 1 heterocycles. The van der Waals surface area contributed by atoms with E-state index in [2.05, 4.69) is 39.8 Å². The molecule has 0 spiro atoms. The molecule has 3 heteroatoms. The van der Waals surface area contributed by atoms with E-state index in [9.17, 15) is 0 Å². The number of para-hydroxylation sites is 2.